The highest BCUT2D eigenvalue weighted by Crippen LogP contribution is 2.34. The molecule has 0 unspecified atom stereocenters. The number of ether oxygens (including phenoxy) is 3. The quantitative estimate of drug-likeness (QED) is 0.533. The van der Waals surface area contributed by atoms with E-state index in [1.54, 1.807) is 22.8 Å². The zero-order chi connectivity index (χ0) is 25.1. The Morgan fingerprint density at radius 2 is 1.74 bits per heavy atom. The van der Waals surface area contributed by atoms with Crippen molar-refractivity contribution in [1.82, 2.24) is 4.57 Å². The van der Waals surface area contributed by atoms with E-state index in [1.165, 1.54) is 26.4 Å². The lowest BCUT2D eigenvalue weighted by molar-refractivity contribution is 0.101. The lowest BCUT2D eigenvalue weighted by Gasteiger charge is -2.29. The van der Waals surface area contributed by atoms with Crippen molar-refractivity contribution < 1.29 is 27.8 Å². The average molecular weight is 486 g/mol. The molecule has 0 radical (unpaired) electrons. The van der Waals surface area contributed by atoms with E-state index in [0.29, 0.717) is 49.2 Å². The Morgan fingerprint density at radius 1 is 1.03 bits per heavy atom. The minimum atomic E-state index is -0.657. The van der Waals surface area contributed by atoms with Crippen molar-refractivity contribution in [3.05, 3.63) is 70.5 Å². The van der Waals surface area contributed by atoms with E-state index < -0.39 is 11.6 Å². The number of nitrogens with one attached hydrogen (secondary N) is 1. The standard InChI is InChI=1S/C26H29F2N3O4/c1-16-24(30-9-11-35-12-10-30)17(2)31(15-18-5-6-19(27)13-21(18)28)25(16)26(32)29-20-7-8-22(33-3)23(14-20)34-4/h5-8,13-14H,9-12,15H2,1-4H3,(H,29,32). The number of benzene rings is 2. The first-order valence-electron chi connectivity index (χ1n) is 11.3. The van der Waals surface area contributed by atoms with Crippen LogP contribution in [0, 0.1) is 25.5 Å². The van der Waals surface area contributed by atoms with Crippen molar-refractivity contribution in [3.8, 4) is 11.5 Å². The maximum Gasteiger partial charge on any atom is 0.272 e. The van der Waals surface area contributed by atoms with Crippen LogP contribution in [-0.2, 0) is 11.3 Å². The number of morpholine rings is 1. The molecule has 1 fully saturated rings. The van der Waals surface area contributed by atoms with E-state index in [-0.39, 0.29) is 18.0 Å². The van der Waals surface area contributed by atoms with E-state index in [2.05, 4.69) is 10.2 Å². The van der Waals surface area contributed by atoms with Crippen molar-refractivity contribution in [2.24, 2.45) is 0 Å². The van der Waals surface area contributed by atoms with Gasteiger partial charge in [0.1, 0.15) is 17.3 Å². The van der Waals surface area contributed by atoms with Gasteiger partial charge >= 0.3 is 0 Å². The van der Waals surface area contributed by atoms with Gasteiger partial charge in [0, 0.05) is 47.7 Å². The van der Waals surface area contributed by atoms with Gasteiger partial charge in [0.15, 0.2) is 11.5 Å². The van der Waals surface area contributed by atoms with E-state index in [1.807, 2.05) is 13.8 Å². The van der Waals surface area contributed by atoms with Crippen LogP contribution in [0.2, 0.25) is 0 Å². The number of nitrogens with zero attached hydrogens (tertiary/aromatic N) is 2. The second-order valence-corrected chi connectivity index (χ2v) is 8.35. The lowest BCUT2D eigenvalue weighted by Crippen LogP contribution is -2.36. The molecule has 4 rings (SSSR count). The van der Waals surface area contributed by atoms with Crippen LogP contribution in [0.1, 0.15) is 27.3 Å². The largest absolute Gasteiger partial charge is 0.493 e. The van der Waals surface area contributed by atoms with Gasteiger partial charge < -0.3 is 29.0 Å². The van der Waals surface area contributed by atoms with Crippen LogP contribution in [0.4, 0.5) is 20.2 Å². The molecule has 9 heteroatoms. The van der Waals surface area contributed by atoms with Crippen LogP contribution in [0.3, 0.4) is 0 Å². The van der Waals surface area contributed by atoms with E-state index in [0.717, 1.165) is 23.0 Å². The third kappa shape index (κ3) is 4.95. The van der Waals surface area contributed by atoms with Crippen molar-refractivity contribution in [1.29, 1.82) is 0 Å². The van der Waals surface area contributed by atoms with Gasteiger partial charge in [0.05, 0.1) is 39.7 Å². The number of amides is 1. The fourth-order valence-corrected chi connectivity index (χ4v) is 4.55. The second kappa shape index (κ2) is 10.4. The highest BCUT2D eigenvalue weighted by atomic mass is 19.1. The van der Waals surface area contributed by atoms with Crippen molar-refractivity contribution >= 4 is 17.3 Å². The van der Waals surface area contributed by atoms with Gasteiger partial charge in [0.2, 0.25) is 0 Å². The normalized spacial score (nSPS) is 13.6. The van der Waals surface area contributed by atoms with Gasteiger partial charge in [0.25, 0.3) is 5.91 Å². The molecule has 35 heavy (non-hydrogen) atoms. The summed E-state index contributed by atoms with van der Waals surface area (Å²) in [5.74, 6) is -0.625. The molecule has 3 aromatic rings. The fraction of sp³-hybridized carbons (Fsp3) is 0.346. The van der Waals surface area contributed by atoms with Crippen LogP contribution < -0.4 is 19.7 Å². The first-order chi connectivity index (χ1) is 16.8. The summed E-state index contributed by atoms with van der Waals surface area (Å²) in [4.78, 5) is 15.8. The molecule has 0 atom stereocenters. The van der Waals surface area contributed by atoms with E-state index >= 15 is 0 Å². The Morgan fingerprint density at radius 3 is 2.40 bits per heavy atom. The molecular formula is C26H29F2N3O4. The summed E-state index contributed by atoms with van der Waals surface area (Å²) in [5.41, 5.74) is 3.75. The number of aromatic nitrogens is 1. The number of hydrogen-bond donors (Lipinski definition) is 1. The SMILES string of the molecule is COc1ccc(NC(=O)c2c(C)c(N3CCOCC3)c(C)n2Cc2ccc(F)cc2F)cc1OC. The third-order valence-electron chi connectivity index (χ3n) is 6.26. The molecule has 2 heterocycles. The fourth-order valence-electron chi connectivity index (χ4n) is 4.55. The summed E-state index contributed by atoms with van der Waals surface area (Å²) in [7, 11) is 3.06. The molecule has 0 bridgehead atoms. The summed E-state index contributed by atoms with van der Waals surface area (Å²) < 4.78 is 45.9. The monoisotopic (exact) mass is 485 g/mol. The van der Waals surface area contributed by atoms with Gasteiger partial charge in [-0.1, -0.05) is 6.07 Å². The molecule has 1 saturated heterocycles. The number of methoxy groups -OCH3 is 2. The maximum absolute atomic E-state index is 14.6. The Bertz CT molecular complexity index is 1240. The first-order valence-corrected chi connectivity index (χ1v) is 11.3. The van der Waals surface area contributed by atoms with Crippen LogP contribution in [0.15, 0.2) is 36.4 Å². The third-order valence-corrected chi connectivity index (χ3v) is 6.26. The number of carbonyl (C=O) groups excluding carboxylic acids is 1. The lowest BCUT2D eigenvalue weighted by atomic mass is 10.1. The minimum Gasteiger partial charge on any atom is -0.493 e. The average Bonchev–Trinajstić information content (AvgIpc) is 3.10. The number of anilines is 2. The predicted molar refractivity (Wildman–Crippen MR) is 130 cm³/mol. The zero-order valence-corrected chi connectivity index (χ0v) is 20.3. The number of hydrogen-bond acceptors (Lipinski definition) is 5. The van der Waals surface area contributed by atoms with Gasteiger partial charge in [-0.3, -0.25) is 4.79 Å². The topological polar surface area (TPSA) is 65.0 Å². The molecular weight excluding hydrogens is 456 g/mol. The Balaban J connectivity index is 1.75. The number of rotatable bonds is 7. The van der Waals surface area contributed by atoms with Crippen LogP contribution >= 0.6 is 0 Å². The maximum atomic E-state index is 14.6. The summed E-state index contributed by atoms with van der Waals surface area (Å²) >= 11 is 0. The molecule has 1 aliphatic heterocycles. The molecule has 2 aromatic carbocycles. The highest BCUT2D eigenvalue weighted by Gasteiger charge is 2.27. The molecule has 1 N–H and O–H groups in total. The molecule has 0 spiro atoms. The van der Waals surface area contributed by atoms with Crippen LogP contribution in [0.25, 0.3) is 0 Å². The Kier molecular flexibility index (Phi) is 7.25. The number of halogens is 2. The summed E-state index contributed by atoms with van der Waals surface area (Å²) in [5, 5.41) is 2.93. The second-order valence-electron chi connectivity index (χ2n) is 8.35. The number of carbonyl (C=O) groups is 1. The van der Waals surface area contributed by atoms with Crippen LogP contribution in [0.5, 0.6) is 11.5 Å². The van der Waals surface area contributed by atoms with Gasteiger partial charge in [-0.25, -0.2) is 8.78 Å². The summed E-state index contributed by atoms with van der Waals surface area (Å²) in [6.45, 7) is 6.43. The minimum absolute atomic E-state index is 0.0812. The summed E-state index contributed by atoms with van der Waals surface area (Å²) in [6.07, 6.45) is 0. The molecule has 1 aromatic heterocycles. The Labute approximate surface area is 203 Å². The zero-order valence-electron chi connectivity index (χ0n) is 20.3. The van der Waals surface area contributed by atoms with Gasteiger partial charge in [-0.15, -0.1) is 0 Å². The first kappa shape index (κ1) is 24.5. The van der Waals surface area contributed by atoms with E-state index in [9.17, 15) is 13.6 Å². The van der Waals surface area contributed by atoms with Gasteiger partial charge in [-0.05, 0) is 32.0 Å². The molecule has 1 aliphatic rings. The van der Waals surface area contributed by atoms with E-state index in [4.69, 9.17) is 14.2 Å². The van der Waals surface area contributed by atoms with Crippen molar-refractivity contribution in [3.63, 3.8) is 0 Å². The van der Waals surface area contributed by atoms with Crippen molar-refractivity contribution in [2.75, 3.05) is 50.7 Å². The van der Waals surface area contributed by atoms with Crippen LogP contribution in [-0.4, -0.2) is 51.0 Å². The molecule has 0 saturated carbocycles. The van der Waals surface area contributed by atoms with Gasteiger partial charge in [-0.2, -0.15) is 0 Å². The predicted octanol–water partition coefficient (Wildman–Crippen LogP) is 4.54. The molecule has 1 amide bonds. The summed E-state index contributed by atoms with van der Waals surface area (Å²) in [6, 6.07) is 8.58. The smallest absolute Gasteiger partial charge is 0.272 e. The van der Waals surface area contributed by atoms with Crippen molar-refractivity contribution in [2.45, 2.75) is 20.4 Å². The Hall–Kier alpha value is -3.59. The molecule has 7 nitrogen and oxygen atoms in total. The molecule has 0 aliphatic carbocycles. The highest BCUT2D eigenvalue weighted by molar-refractivity contribution is 6.05. The molecule has 186 valence electrons.